The zero-order valence-corrected chi connectivity index (χ0v) is 11.8. The van der Waals surface area contributed by atoms with Gasteiger partial charge in [0.25, 0.3) is 0 Å². The number of aryl methyl sites for hydroxylation is 1. The molecule has 0 aliphatic carbocycles. The van der Waals surface area contributed by atoms with Crippen LogP contribution < -0.4 is 5.32 Å². The first-order valence-electron chi connectivity index (χ1n) is 6.43. The topological polar surface area (TPSA) is 46.9 Å². The molecule has 0 unspecified atom stereocenters. The molecule has 1 aromatic carbocycles. The van der Waals surface area contributed by atoms with Crippen molar-refractivity contribution < 1.29 is 4.79 Å². The Balaban J connectivity index is 1.70. The second kappa shape index (κ2) is 7.50. The Kier molecular flexibility index (Phi) is 5.38. The van der Waals surface area contributed by atoms with Crippen LogP contribution in [-0.4, -0.2) is 22.2 Å². The van der Waals surface area contributed by atoms with Crippen molar-refractivity contribution in [3.63, 3.8) is 0 Å². The molecule has 2 aromatic rings. The lowest BCUT2D eigenvalue weighted by Gasteiger charge is -2.02. The van der Waals surface area contributed by atoms with Gasteiger partial charge in [-0.2, -0.15) is 5.10 Å². The molecule has 0 saturated heterocycles. The Morgan fingerprint density at radius 2 is 2.30 bits per heavy atom. The van der Waals surface area contributed by atoms with Crippen molar-refractivity contribution in [1.82, 2.24) is 15.1 Å². The van der Waals surface area contributed by atoms with Crippen LogP contribution in [0.3, 0.4) is 0 Å². The van der Waals surface area contributed by atoms with Gasteiger partial charge >= 0.3 is 0 Å². The summed E-state index contributed by atoms with van der Waals surface area (Å²) in [5.41, 5.74) is 0.907. The maximum atomic E-state index is 11.6. The molecule has 0 atom stereocenters. The van der Waals surface area contributed by atoms with Crippen LogP contribution in [0.1, 0.15) is 12.0 Å². The van der Waals surface area contributed by atoms with Crippen molar-refractivity contribution in [2.24, 2.45) is 0 Å². The molecule has 5 heteroatoms. The van der Waals surface area contributed by atoms with Gasteiger partial charge in [0.15, 0.2) is 0 Å². The lowest BCUT2D eigenvalue weighted by Crippen LogP contribution is -2.23. The fourth-order valence-electron chi connectivity index (χ4n) is 1.73. The molecule has 1 N–H and O–H groups in total. The number of rotatable bonds is 6. The molecule has 0 fully saturated rings. The summed E-state index contributed by atoms with van der Waals surface area (Å²) in [6.45, 7) is 1.42. The van der Waals surface area contributed by atoms with E-state index in [1.807, 2.05) is 35.1 Å². The second-order valence-electron chi connectivity index (χ2n) is 4.30. The quantitative estimate of drug-likeness (QED) is 0.656. The lowest BCUT2D eigenvalue weighted by molar-refractivity contribution is -0.116. The van der Waals surface area contributed by atoms with Gasteiger partial charge in [-0.3, -0.25) is 9.48 Å². The summed E-state index contributed by atoms with van der Waals surface area (Å²) >= 11 is 5.87. The van der Waals surface area contributed by atoms with Crippen LogP contribution in [0.5, 0.6) is 0 Å². The number of carbonyl (C=O) groups is 1. The first-order valence-corrected chi connectivity index (χ1v) is 6.81. The van der Waals surface area contributed by atoms with Gasteiger partial charge in [0, 0.05) is 36.6 Å². The van der Waals surface area contributed by atoms with E-state index in [0.717, 1.165) is 18.5 Å². The molecule has 4 nitrogen and oxygen atoms in total. The smallest absolute Gasteiger partial charge is 0.244 e. The maximum absolute atomic E-state index is 11.6. The zero-order chi connectivity index (χ0) is 14.2. The van der Waals surface area contributed by atoms with E-state index in [9.17, 15) is 4.79 Å². The zero-order valence-electron chi connectivity index (χ0n) is 11.0. The number of amides is 1. The normalized spacial score (nSPS) is 10.8. The summed E-state index contributed by atoms with van der Waals surface area (Å²) in [5, 5.41) is 7.58. The highest BCUT2D eigenvalue weighted by atomic mass is 35.5. The molecule has 0 saturated carbocycles. The molecule has 2 rings (SSSR count). The van der Waals surface area contributed by atoms with Crippen molar-refractivity contribution >= 4 is 23.6 Å². The van der Waals surface area contributed by atoms with Crippen molar-refractivity contribution in [2.45, 2.75) is 13.0 Å². The highest BCUT2D eigenvalue weighted by Gasteiger charge is 1.96. The Morgan fingerprint density at radius 1 is 1.40 bits per heavy atom. The van der Waals surface area contributed by atoms with Crippen LogP contribution in [0.25, 0.3) is 6.08 Å². The minimum atomic E-state index is -0.106. The van der Waals surface area contributed by atoms with Crippen LogP contribution in [0, 0.1) is 0 Å². The number of aromatic nitrogens is 2. The van der Waals surface area contributed by atoms with Crippen molar-refractivity contribution in [3.05, 3.63) is 59.4 Å². The van der Waals surface area contributed by atoms with Gasteiger partial charge in [0.1, 0.15) is 0 Å². The summed E-state index contributed by atoms with van der Waals surface area (Å²) in [6, 6.07) is 9.24. The molecule has 20 heavy (non-hydrogen) atoms. The third-order valence-corrected chi connectivity index (χ3v) is 2.93. The van der Waals surface area contributed by atoms with Gasteiger partial charge < -0.3 is 5.32 Å². The minimum Gasteiger partial charge on any atom is -0.352 e. The predicted octanol–water partition coefficient (Wildman–Crippen LogP) is 2.76. The van der Waals surface area contributed by atoms with Crippen LogP contribution >= 0.6 is 11.6 Å². The van der Waals surface area contributed by atoms with Gasteiger partial charge in [0.2, 0.25) is 5.91 Å². The van der Waals surface area contributed by atoms with E-state index in [0.29, 0.717) is 11.6 Å². The van der Waals surface area contributed by atoms with Gasteiger partial charge in [-0.05, 0) is 36.3 Å². The molecule has 0 aliphatic heterocycles. The molecule has 0 bridgehead atoms. The molecular weight excluding hydrogens is 274 g/mol. The van der Waals surface area contributed by atoms with E-state index in [4.69, 9.17) is 11.6 Å². The molecule has 0 radical (unpaired) electrons. The van der Waals surface area contributed by atoms with E-state index < -0.39 is 0 Å². The summed E-state index contributed by atoms with van der Waals surface area (Å²) in [4.78, 5) is 11.6. The average Bonchev–Trinajstić information content (AvgIpc) is 2.95. The van der Waals surface area contributed by atoms with Crippen LogP contribution in [0.4, 0.5) is 0 Å². The van der Waals surface area contributed by atoms with E-state index >= 15 is 0 Å². The van der Waals surface area contributed by atoms with Gasteiger partial charge in [0.05, 0.1) is 0 Å². The number of carbonyl (C=O) groups excluding carboxylic acids is 1. The highest BCUT2D eigenvalue weighted by molar-refractivity contribution is 6.30. The number of nitrogens with zero attached hydrogens (tertiary/aromatic N) is 2. The first-order chi connectivity index (χ1) is 9.74. The summed E-state index contributed by atoms with van der Waals surface area (Å²) < 4.78 is 1.84. The van der Waals surface area contributed by atoms with E-state index in [1.165, 1.54) is 6.08 Å². The number of hydrogen-bond acceptors (Lipinski definition) is 2. The van der Waals surface area contributed by atoms with Gasteiger partial charge in [-0.25, -0.2) is 0 Å². The minimum absolute atomic E-state index is 0.106. The number of nitrogens with one attached hydrogen (secondary N) is 1. The first kappa shape index (κ1) is 14.3. The fourth-order valence-corrected chi connectivity index (χ4v) is 1.93. The lowest BCUT2D eigenvalue weighted by atomic mass is 10.2. The monoisotopic (exact) mass is 289 g/mol. The SMILES string of the molecule is O=C(/C=C/c1cccc(Cl)c1)NCCCn1cccn1. The van der Waals surface area contributed by atoms with Crippen LogP contribution in [0.2, 0.25) is 5.02 Å². The fraction of sp³-hybridized carbons (Fsp3) is 0.200. The average molecular weight is 290 g/mol. The summed E-state index contributed by atoms with van der Waals surface area (Å²) in [6.07, 6.45) is 7.75. The number of hydrogen-bond donors (Lipinski definition) is 1. The Hall–Kier alpha value is -2.07. The Bertz CT molecular complexity index is 579. The molecule has 1 heterocycles. The number of halogens is 1. The predicted molar refractivity (Wildman–Crippen MR) is 80.3 cm³/mol. The molecule has 1 aromatic heterocycles. The third-order valence-electron chi connectivity index (χ3n) is 2.70. The van der Waals surface area contributed by atoms with E-state index in [-0.39, 0.29) is 5.91 Å². The maximum Gasteiger partial charge on any atom is 0.244 e. The van der Waals surface area contributed by atoms with E-state index in [1.54, 1.807) is 18.3 Å². The molecular formula is C15H16ClN3O. The summed E-state index contributed by atoms with van der Waals surface area (Å²) in [7, 11) is 0. The molecule has 0 spiro atoms. The van der Waals surface area contributed by atoms with Gasteiger partial charge in [-0.1, -0.05) is 23.7 Å². The van der Waals surface area contributed by atoms with E-state index in [2.05, 4.69) is 10.4 Å². The van der Waals surface area contributed by atoms with Crippen LogP contribution in [-0.2, 0) is 11.3 Å². The highest BCUT2D eigenvalue weighted by Crippen LogP contribution is 2.11. The second-order valence-corrected chi connectivity index (χ2v) is 4.74. The Morgan fingerprint density at radius 3 is 3.05 bits per heavy atom. The molecule has 1 amide bonds. The van der Waals surface area contributed by atoms with Crippen molar-refractivity contribution in [3.8, 4) is 0 Å². The van der Waals surface area contributed by atoms with Crippen molar-refractivity contribution in [2.75, 3.05) is 6.54 Å². The Labute approximate surface area is 123 Å². The largest absolute Gasteiger partial charge is 0.352 e. The molecule has 0 aliphatic rings. The number of benzene rings is 1. The third kappa shape index (κ3) is 4.90. The summed E-state index contributed by atoms with van der Waals surface area (Å²) in [5.74, 6) is -0.106. The van der Waals surface area contributed by atoms with Crippen molar-refractivity contribution in [1.29, 1.82) is 0 Å². The van der Waals surface area contributed by atoms with Crippen LogP contribution in [0.15, 0.2) is 48.8 Å². The van der Waals surface area contributed by atoms with Gasteiger partial charge in [-0.15, -0.1) is 0 Å². The standard InChI is InChI=1S/C15H16ClN3O/c16-14-5-1-4-13(12-14)6-7-15(20)17-8-2-10-19-11-3-9-18-19/h1,3-7,9,11-12H,2,8,10H2,(H,17,20)/b7-6+. The molecule has 104 valence electrons.